The lowest BCUT2D eigenvalue weighted by Gasteiger charge is -2.55. The van der Waals surface area contributed by atoms with Crippen LogP contribution in [0.15, 0.2) is 35.2 Å². The van der Waals surface area contributed by atoms with Crippen molar-refractivity contribution in [3.05, 3.63) is 47.4 Å². The Balaban J connectivity index is 1.54. The minimum absolute atomic E-state index is 0.0397. The summed E-state index contributed by atoms with van der Waals surface area (Å²) in [5.74, 6) is 1.15. The van der Waals surface area contributed by atoms with Crippen molar-refractivity contribution in [2.24, 2.45) is 12.5 Å². The van der Waals surface area contributed by atoms with Gasteiger partial charge in [0.2, 0.25) is 0 Å². The summed E-state index contributed by atoms with van der Waals surface area (Å²) < 4.78 is 39.1. The average molecular weight is 582 g/mol. The maximum Gasteiger partial charge on any atom is 0.413 e. The second-order valence-electron chi connectivity index (χ2n) is 10.9. The van der Waals surface area contributed by atoms with Crippen molar-refractivity contribution in [3.63, 3.8) is 0 Å². The Bertz CT molecular complexity index is 1800. The Hall–Kier alpha value is -4.17. The van der Waals surface area contributed by atoms with E-state index in [9.17, 15) is 18.3 Å². The number of benzene rings is 1. The molecule has 41 heavy (non-hydrogen) atoms. The van der Waals surface area contributed by atoms with Crippen LogP contribution in [-0.4, -0.2) is 83.7 Å². The molecule has 6 rings (SSSR count). The summed E-state index contributed by atoms with van der Waals surface area (Å²) >= 11 is 0. The zero-order valence-electron chi connectivity index (χ0n) is 23.4. The number of amides is 1. The number of aromatic nitrogens is 5. The first-order valence-electron chi connectivity index (χ1n) is 13.0. The van der Waals surface area contributed by atoms with Gasteiger partial charge in [0.05, 0.1) is 49.4 Å². The van der Waals surface area contributed by atoms with Crippen LogP contribution in [-0.2, 0) is 28.2 Å². The zero-order chi connectivity index (χ0) is 29.3. The van der Waals surface area contributed by atoms with Gasteiger partial charge in [-0.25, -0.2) is 18.2 Å². The quantitative estimate of drug-likeness (QED) is 0.346. The van der Waals surface area contributed by atoms with Gasteiger partial charge in [-0.05, 0) is 37.6 Å². The van der Waals surface area contributed by atoms with Crippen molar-refractivity contribution in [2.45, 2.75) is 25.3 Å². The van der Waals surface area contributed by atoms with Gasteiger partial charge in [0, 0.05) is 38.0 Å². The monoisotopic (exact) mass is 581 g/mol. The molecule has 14 heteroatoms. The van der Waals surface area contributed by atoms with Crippen LogP contribution in [0.25, 0.3) is 16.8 Å². The lowest BCUT2D eigenvalue weighted by molar-refractivity contribution is -0.127. The second kappa shape index (κ2) is 9.45. The fourth-order valence-corrected chi connectivity index (χ4v) is 6.49. The third-order valence-electron chi connectivity index (χ3n) is 7.70. The summed E-state index contributed by atoms with van der Waals surface area (Å²) in [5, 5.41) is 19.4. The zero-order valence-corrected chi connectivity index (χ0v) is 24.3. The van der Waals surface area contributed by atoms with E-state index in [1.165, 1.54) is 16.5 Å². The number of methoxy groups -OCH3 is 1. The average Bonchev–Trinajstić information content (AvgIpc) is 3.35. The van der Waals surface area contributed by atoms with E-state index in [4.69, 9.17) is 19.6 Å². The number of nitrogens with zero attached hydrogens (tertiary/aromatic N) is 7. The van der Waals surface area contributed by atoms with Crippen molar-refractivity contribution in [1.29, 1.82) is 0 Å². The molecule has 1 N–H and O–H groups in total. The van der Waals surface area contributed by atoms with E-state index in [-0.39, 0.29) is 22.6 Å². The molecule has 2 saturated heterocycles. The van der Waals surface area contributed by atoms with Gasteiger partial charge in [0.25, 0.3) is 0 Å². The maximum absolute atomic E-state index is 12.7. The summed E-state index contributed by atoms with van der Waals surface area (Å²) in [7, 11) is -0.416. The molecule has 3 aromatic heterocycles. The van der Waals surface area contributed by atoms with Gasteiger partial charge in [-0.3, -0.25) is 9.58 Å². The van der Waals surface area contributed by atoms with Crippen LogP contribution in [0, 0.1) is 19.3 Å². The summed E-state index contributed by atoms with van der Waals surface area (Å²) in [6, 6.07) is 8.48. The largest absolute Gasteiger partial charge is 0.495 e. The molecular weight excluding hydrogens is 550 g/mol. The van der Waals surface area contributed by atoms with Crippen molar-refractivity contribution < 1.29 is 27.8 Å². The van der Waals surface area contributed by atoms with E-state index in [0.717, 1.165) is 25.0 Å². The highest BCUT2D eigenvalue weighted by molar-refractivity contribution is 7.90. The van der Waals surface area contributed by atoms with Crippen molar-refractivity contribution in [3.8, 4) is 16.9 Å². The number of ether oxygens (including phenoxy) is 2. The first kappa shape index (κ1) is 27.0. The molecule has 13 nitrogen and oxygen atoms in total. The lowest BCUT2D eigenvalue weighted by atomic mass is 9.78. The van der Waals surface area contributed by atoms with Crippen LogP contribution in [0.5, 0.6) is 5.75 Å². The topological polar surface area (TPSA) is 144 Å². The summed E-state index contributed by atoms with van der Waals surface area (Å²) in [6.45, 7) is 6.55. The van der Waals surface area contributed by atoms with Crippen LogP contribution in [0.3, 0.4) is 0 Å². The molecule has 2 fully saturated rings. The molecule has 4 aromatic rings. The fourth-order valence-electron chi connectivity index (χ4n) is 5.63. The Kier molecular flexibility index (Phi) is 6.23. The summed E-state index contributed by atoms with van der Waals surface area (Å²) in [4.78, 5) is 21.0. The molecule has 1 amide bonds. The highest BCUT2D eigenvalue weighted by atomic mass is 32.2. The SMILES string of the molecule is COc1ccc(-c2c(C)nn3c(N(Cc4cc(C)nn4C)C(=O)O)cc(N4CC5(COC5)C4)nc23)cc1S(C)(=O)=O. The third kappa shape index (κ3) is 4.56. The summed E-state index contributed by atoms with van der Waals surface area (Å²) in [6.07, 6.45) is -0.0332. The molecule has 2 aliphatic heterocycles. The minimum atomic E-state index is -3.61. The molecular formula is C27H31N7O6S. The van der Waals surface area contributed by atoms with Gasteiger partial charge >= 0.3 is 6.09 Å². The van der Waals surface area contributed by atoms with E-state index in [1.54, 1.807) is 42.9 Å². The molecule has 0 aliphatic carbocycles. The number of anilines is 2. The van der Waals surface area contributed by atoms with Gasteiger partial charge in [0.1, 0.15) is 22.3 Å². The number of rotatable bonds is 7. The van der Waals surface area contributed by atoms with E-state index in [2.05, 4.69) is 10.00 Å². The summed E-state index contributed by atoms with van der Waals surface area (Å²) in [5.41, 5.74) is 3.75. The molecule has 0 unspecified atom stereocenters. The van der Waals surface area contributed by atoms with Crippen LogP contribution in [0.1, 0.15) is 17.1 Å². The van der Waals surface area contributed by atoms with Gasteiger partial charge in [0.15, 0.2) is 15.5 Å². The maximum atomic E-state index is 12.7. The molecule has 216 valence electrons. The van der Waals surface area contributed by atoms with Crippen LogP contribution >= 0.6 is 0 Å². The standard InChI is InChI=1S/C27H31N7O6S/c1-16-8-19(31(3)29-16)11-33(26(35)36)23-10-22(32-12-27(13-32)14-40-15-27)28-25-24(17(2)30-34(23)25)18-6-7-20(39-4)21(9-18)41(5,37)38/h6-10H,11-15H2,1-5H3,(H,35,36). The molecule has 5 heterocycles. The molecule has 0 radical (unpaired) electrons. The number of hydrogen-bond acceptors (Lipinski definition) is 9. The molecule has 0 atom stereocenters. The van der Waals surface area contributed by atoms with Crippen molar-refractivity contribution in [2.75, 3.05) is 49.5 Å². The number of fused-ring (bicyclic) bond motifs is 1. The second-order valence-corrected chi connectivity index (χ2v) is 12.9. The van der Waals surface area contributed by atoms with Crippen molar-refractivity contribution >= 4 is 33.2 Å². The molecule has 0 bridgehead atoms. The fraction of sp³-hybridized carbons (Fsp3) is 0.407. The Labute approximate surface area is 236 Å². The normalized spacial score (nSPS) is 16.1. The first-order valence-corrected chi connectivity index (χ1v) is 14.9. The Morgan fingerprint density at radius 3 is 2.46 bits per heavy atom. The smallest absolute Gasteiger partial charge is 0.413 e. The Morgan fingerprint density at radius 2 is 1.90 bits per heavy atom. The number of hydrogen-bond donors (Lipinski definition) is 1. The van der Waals surface area contributed by atoms with E-state index in [1.807, 2.05) is 13.0 Å². The van der Waals surface area contributed by atoms with Crippen LogP contribution in [0.4, 0.5) is 16.4 Å². The predicted octanol–water partition coefficient (Wildman–Crippen LogP) is 2.68. The number of carbonyl (C=O) groups is 1. The van der Waals surface area contributed by atoms with Crippen LogP contribution < -0.4 is 14.5 Å². The number of carboxylic acid groups (broad SMARTS) is 1. The minimum Gasteiger partial charge on any atom is -0.495 e. The van der Waals surface area contributed by atoms with Gasteiger partial charge in [-0.15, -0.1) is 0 Å². The van der Waals surface area contributed by atoms with E-state index >= 15 is 0 Å². The molecule has 2 aliphatic rings. The third-order valence-corrected chi connectivity index (χ3v) is 8.82. The van der Waals surface area contributed by atoms with Gasteiger partial charge in [-0.2, -0.15) is 14.7 Å². The van der Waals surface area contributed by atoms with Gasteiger partial charge < -0.3 is 19.5 Å². The van der Waals surface area contributed by atoms with E-state index in [0.29, 0.717) is 53.0 Å². The molecule has 1 aromatic carbocycles. The van der Waals surface area contributed by atoms with Crippen molar-refractivity contribution in [1.82, 2.24) is 24.4 Å². The highest BCUT2D eigenvalue weighted by Crippen LogP contribution is 2.42. The predicted molar refractivity (Wildman–Crippen MR) is 150 cm³/mol. The van der Waals surface area contributed by atoms with Crippen LogP contribution in [0.2, 0.25) is 0 Å². The Morgan fingerprint density at radius 1 is 1.17 bits per heavy atom. The number of aryl methyl sites for hydroxylation is 3. The molecule has 1 spiro atoms. The molecule has 0 saturated carbocycles. The van der Waals surface area contributed by atoms with E-state index < -0.39 is 15.9 Å². The lowest BCUT2D eigenvalue weighted by Crippen LogP contribution is -2.66. The number of sulfone groups is 1. The van der Waals surface area contributed by atoms with Gasteiger partial charge in [-0.1, -0.05) is 6.07 Å². The highest BCUT2D eigenvalue weighted by Gasteiger charge is 2.49. The first-order chi connectivity index (χ1) is 19.4.